The van der Waals surface area contributed by atoms with Crippen LogP contribution in [0.15, 0.2) is 67.1 Å². The minimum Gasteiger partial charge on any atom is -0.264 e. The molecule has 0 aliphatic heterocycles. The average molecular weight is 246 g/mol. The molecule has 0 atom stereocenters. The van der Waals surface area contributed by atoms with Crippen molar-refractivity contribution >= 4 is 0 Å². The molecule has 0 saturated carbocycles. The van der Waals surface area contributed by atoms with Crippen LogP contribution >= 0.6 is 0 Å². The molecule has 0 aliphatic carbocycles. The first-order valence-electron chi connectivity index (χ1n) is 6.26. The van der Waals surface area contributed by atoms with E-state index in [2.05, 4.69) is 47.2 Å². The zero-order valence-electron chi connectivity index (χ0n) is 10.7. The van der Waals surface area contributed by atoms with Gasteiger partial charge in [-0.3, -0.25) is 9.97 Å². The average Bonchev–Trinajstić information content (AvgIpc) is 2.49. The van der Waals surface area contributed by atoms with E-state index in [1.165, 1.54) is 11.1 Å². The Kier molecular flexibility index (Phi) is 3.07. The Morgan fingerprint density at radius 1 is 0.737 bits per heavy atom. The van der Waals surface area contributed by atoms with Crippen LogP contribution in [-0.2, 0) is 0 Å². The summed E-state index contributed by atoms with van der Waals surface area (Å²) in [5, 5.41) is 0. The first-order chi connectivity index (χ1) is 9.33. The van der Waals surface area contributed by atoms with Crippen molar-refractivity contribution in [2.75, 3.05) is 0 Å². The second kappa shape index (κ2) is 5.02. The Balaban J connectivity index is 1.93. The zero-order chi connectivity index (χ0) is 13.1. The van der Waals surface area contributed by atoms with Crippen molar-refractivity contribution in [2.45, 2.75) is 6.92 Å². The predicted molar refractivity (Wildman–Crippen MR) is 77.6 cm³/mol. The SMILES string of the molecule is Cc1ccc(-c2ccc(-c3cccnc3)nc2)cc1. The molecule has 2 heterocycles. The van der Waals surface area contributed by atoms with E-state index in [4.69, 9.17) is 0 Å². The molecule has 0 aliphatic rings. The van der Waals surface area contributed by atoms with Gasteiger partial charge in [0.05, 0.1) is 5.69 Å². The Labute approximate surface area is 112 Å². The molecule has 0 N–H and O–H groups in total. The number of nitrogens with zero attached hydrogens (tertiary/aromatic N) is 2. The largest absolute Gasteiger partial charge is 0.264 e. The summed E-state index contributed by atoms with van der Waals surface area (Å²) in [6.07, 6.45) is 5.51. The highest BCUT2D eigenvalue weighted by molar-refractivity contribution is 5.66. The minimum absolute atomic E-state index is 0.948. The molecular weight excluding hydrogens is 232 g/mol. The summed E-state index contributed by atoms with van der Waals surface area (Å²) in [6.45, 7) is 2.09. The maximum absolute atomic E-state index is 4.51. The summed E-state index contributed by atoms with van der Waals surface area (Å²) in [7, 11) is 0. The zero-order valence-corrected chi connectivity index (χ0v) is 10.7. The molecule has 2 nitrogen and oxygen atoms in total. The highest BCUT2D eigenvalue weighted by atomic mass is 14.7. The third-order valence-corrected chi connectivity index (χ3v) is 3.11. The van der Waals surface area contributed by atoms with E-state index in [-0.39, 0.29) is 0 Å². The Morgan fingerprint density at radius 3 is 2.16 bits per heavy atom. The second-order valence-electron chi connectivity index (χ2n) is 4.54. The number of hydrogen-bond acceptors (Lipinski definition) is 2. The van der Waals surface area contributed by atoms with Gasteiger partial charge in [0.15, 0.2) is 0 Å². The molecule has 0 radical (unpaired) electrons. The van der Waals surface area contributed by atoms with Crippen LogP contribution < -0.4 is 0 Å². The van der Waals surface area contributed by atoms with Crippen LogP contribution in [0.25, 0.3) is 22.4 Å². The third kappa shape index (κ3) is 2.52. The van der Waals surface area contributed by atoms with E-state index in [0.717, 1.165) is 16.8 Å². The smallest absolute Gasteiger partial charge is 0.0717 e. The van der Waals surface area contributed by atoms with E-state index in [0.29, 0.717) is 0 Å². The van der Waals surface area contributed by atoms with Crippen molar-refractivity contribution in [3.8, 4) is 22.4 Å². The quantitative estimate of drug-likeness (QED) is 0.679. The lowest BCUT2D eigenvalue weighted by Crippen LogP contribution is -1.85. The maximum atomic E-state index is 4.51. The van der Waals surface area contributed by atoms with Crippen LogP contribution in [0.2, 0.25) is 0 Å². The molecule has 0 bridgehead atoms. The van der Waals surface area contributed by atoms with Gasteiger partial charge in [0.2, 0.25) is 0 Å². The summed E-state index contributed by atoms with van der Waals surface area (Å²) in [5.74, 6) is 0. The molecule has 1 aromatic carbocycles. The van der Waals surface area contributed by atoms with Crippen LogP contribution in [0.5, 0.6) is 0 Å². The molecule has 0 spiro atoms. The molecule has 0 saturated heterocycles. The van der Waals surface area contributed by atoms with Gasteiger partial charge < -0.3 is 0 Å². The minimum atomic E-state index is 0.948. The van der Waals surface area contributed by atoms with Gasteiger partial charge in [0.1, 0.15) is 0 Å². The van der Waals surface area contributed by atoms with Crippen molar-refractivity contribution in [1.29, 1.82) is 0 Å². The van der Waals surface area contributed by atoms with Gasteiger partial charge in [-0.25, -0.2) is 0 Å². The van der Waals surface area contributed by atoms with Crippen molar-refractivity contribution in [3.05, 3.63) is 72.7 Å². The van der Waals surface area contributed by atoms with Crippen molar-refractivity contribution in [2.24, 2.45) is 0 Å². The summed E-state index contributed by atoms with van der Waals surface area (Å²) in [4.78, 5) is 8.62. The van der Waals surface area contributed by atoms with E-state index in [9.17, 15) is 0 Å². The highest BCUT2D eigenvalue weighted by Gasteiger charge is 2.01. The molecule has 92 valence electrons. The lowest BCUT2D eigenvalue weighted by molar-refractivity contribution is 1.28. The maximum Gasteiger partial charge on any atom is 0.0717 e. The number of aryl methyl sites for hydroxylation is 1. The third-order valence-electron chi connectivity index (χ3n) is 3.11. The fourth-order valence-electron chi connectivity index (χ4n) is 2.00. The van der Waals surface area contributed by atoms with Gasteiger partial charge in [0, 0.05) is 29.7 Å². The van der Waals surface area contributed by atoms with Gasteiger partial charge in [-0.1, -0.05) is 35.9 Å². The summed E-state index contributed by atoms with van der Waals surface area (Å²) in [5.41, 5.74) is 5.58. The fraction of sp³-hybridized carbons (Fsp3) is 0.0588. The lowest BCUT2D eigenvalue weighted by atomic mass is 10.1. The number of aromatic nitrogens is 2. The second-order valence-corrected chi connectivity index (χ2v) is 4.54. The number of rotatable bonds is 2. The van der Waals surface area contributed by atoms with E-state index < -0.39 is 0 Å². The van der Waals surface area contributed by atoms with E-state index in [1.807, 2.05) is 30.6 Å². The standard InChI is InChI=1S/C17H14N2/c1-13-4-6-14(7-5-13)15-8-9-17(19-12-15)16-3-2-10-18-11-16/h2-12H,1H3. The Morgan fingerprint density at radius 2 is 1.53 bits per heavy atom. The first-order valence-corrected chi connectivity index (χ1v) is 6.26. The summed E-state index contributed by atoms with van der Waals surface area (Å²) >= 11 is 0. The number of hydrogen-bond donors (Lipinski definition) is 0. The van der Waals surface area contributed by atoms with Gasteiger partial charge in [-0.15, -0.1) is 0 Å². The number of benzene rings is 1. The van der Waals surface area contributed by atoms with Gasteiger partial charge in [-0.05, 0) is 30.7 Å². The molecule has 2 aromatic heterocycles. The highest BCUT2D eigenvalue weighted by Crippen LogP contribution is 2.22. The number of pyridine rings is 2. The topological polar surface area (TPSA) is 25.8 Å². The molecule has 0 fully saturated rings. The van der Waals surface area contributed by atoms with E-state index >= 15 is 0 Å². The van der Waals surface area contributed by atoms with Gasteiger partial charge in [0.25, 0.3) is 0 Å². The van der Waals surface area contributed by atoms with E-state index in [1.54, 1.807) is 6.20 Å². The summed E-state index contributed by atoms with van der Waals surface area (Å²) < 4.78 is 0. The lowest BCUT2D eigenvalue weighted by Gasteiger charge is -2.04. The van der Waals surface area contributed by atoms with Gasteiger partial charge >= 0.3 is 0 Å². The molecule has 2 heteroatoms. The monoisotopic (exact) mass is 246 g/mol. The summed E-state index contributed by atoms with van der Waals surface area (Å²) in [6, 6.07) is 16.5. The van der Waals surface area contributed by atoms with Gasteiger partial charge in [-0.2, -0.15) is 0 Å². The molecular formula is C17H14N2. The van der Waals surface area contributed by atoms with Crippen molar-refractivity contribution in [3.63, 3.8) is 0 Å². The first kappa shape index (κ1) is 11.6. The van der Waals surface area contributed by atoms with Crippen LogP contribution in [0.1, 0.15) is 5.56 Å². The Hall–Kier alpha value is -2.48. The van der Waals surface area contributed by atoms with Crippen LogP contribution in [0.4, 0.5) is 0 Å². The van der Waals surface area contributed by atoms with Crippen LogP contribution in [-0.4, -0.2) is 9.97 Å². The molecule has 3 rings (SSSR count). The normalized spacial score (nSPS) is 10.4. The molecule has 0 amide bonds. The van der Waals surface area contributed by atoms with Crippen LogP contribution in [0, 0.1) is 6.92 Å². The Bertz CT molecular complexity index is 656. The molecule has 0 unspecified atom stereocenters. The molecule has 19 heavy (non-hydrogen) atoms. The fourth-order valence-corrected chi connectivity index (χ4v) is 2.00. The van der Waals surface area contributed by atoms with Crippen LogP contribution in [0.3, 0.4) is 0 Å². The van der Waals surface area contributed by atoms with Crippen molar-refractivity contribution in [1.82, 2.24) is 9.97 Å². The predicted octanol–water partition coefficient (Wildman–Crippen LogP) is 4.12. The molecule has 3 aromatic rings. The van der Waals surface area contributed by atoms with Crippen molar-refractivity contribution < 1.29 is 0 Å².